The van der Waals surface area contributed by atoms with Gasteiger partial charge in [-0.05, 0) is 96.3 Å². The lowest BCUT2D eigenvalue weighted by molar-refractivity contribution is -0.870. The van der Waals surface area contributed by atoms with Crippen LogP contribution in [0.2, 0.25) is 0 Å². The lowest BCUT2D eigenvalue weighted by Crippen LogP contribution is -2.45. The molecule has 0 aromatic heterocycles. The molecule has 0 aliphatic carbocycles. The van der Waals surface area contributed by atoms with Crippen molar-refractivity contribution in [2.45, 2.75) is 341 Å². The van der Waals surface area contributed by atoms with Gasteiger partial charge in [0.1, 0.15) is 13.2 Å². The van der Waals surface area contributed by atoms with E-state index in [-0.39, 0.29) is 19.1 Å². The van der Waals surface area contributed by atoms with Crippen LogP contribution in [-0.4, -0.2) is 73.4 Å². The van der Waals surface area contributed by atoms with Crippen molar-refractivity contribution < 1.29 is 32.9 Å². The first-order valence-electron chi connectivity index (χ1n) is 36.8. The van der Waals surface area contributed by atoms with Crippen molar-refractivity contribution in [1.29, 1.82) is 0 Å². The van der Waals surface area contributed by atoms with Crippen molar-refractivity contribution in [3.8, 4) is 0 Å². The molecule has 0 saturated heterocycles. The summed E-state index contributed by atoms with van der Waals surface area (Å²) < 4.78 is 23.8. The fourth-order valence-corrected chi connectivity index (χ4v) is 11.3. The maximum atomic E-state index is 13.1. The van der Waals surface area contributed by atoms with Gasteiger partial charge < -0.3 is 19.8 Å². The number of aliphatic hydroxyl groups excluding tert-OH is 1. The van der Waals surface area contributed by atoms with Gasteiger partial charge in [-0.15, -0.1) is 0 Å². The molecule has 0 aliphatic heterocycles. The number of rotatable bonds is 67. The van der Waals surface area contributed by atoms with Crippen molar-refractivity contribution in [2.24, 2.45) is 0 Å². The summed E-state index contributed by atoms with van der Waals surface area (Å²) in [4.78, 5) is 23.4. The minimum absolute atomic E-state index is 0.0513. The Kier molecular flexibility index (Phi) is 65.3. The monoisotopic (exact) mass is 1230 g/mol. The molecule has 8 nitrogen and oxygen atoms in total. The lowest BCUT2D eigenvalue weighted by Gasteiger charge is -2.25. The summed E-state index contributed by atoms with van der Waals surface area (Å²) in [7, 11) is 1.55. The van der Waals surface area contributed by atoms with Crippen molar-refractivity contribution in [2.75, 3.05) is 40.9 Å². The highest BCUT2D eigenvalue weighted by Crippen LogP contribution is 2.43. The number of unbranched alkanes of at least 4 members (excludes halogenated alkanes) is 38. The second-order valence-corrected chi connectivity index (χ2v) is 27.4. The fourth-order valence-electron chi connectivity index (χ4n) is 10.6. The minimum atomic E-state index is -4.37. The molecule has 0 aromatic carbocycles. The number of phosphoric ester groups is 1. The zero-order valence-corrected chi connectivity index (χ0v) is 58.6. The molecule has 0 heterocycles. The van der Waals surface area contributed by atoms with Crippen molar-refractivity contribution in [1.82, 2.24) is 5.32 Å². The predicted octanol–water partition coefficient (Wildman–Crippen LogP) is 23.8. The molecule has 0 rings (SSSR count). The molecular weight excluding hydrogens is 1090 g/mol. The maximum Gasteiger partial charge on any atom is 0.472 e. The van der Waals surface area contributed by atoms with Gasteiger partial charge >= 0.3 is 7.82 Å². The third-order valence-corrected chi connectivity index (χ3v) is 17.2. The summed E-state index contributed by atoms with van der Waals surface area (Å²) in [6.07, 6.45) is 99.7. The molecule has 9 heteroatoms. The Morgan fingerprint density at radius 2 is 0.701 bits per heavy atom. The molecular formula is C78H142N2O6P+. The molecule has 0 spiro atoms. The van der Waals surface area contributed by atoms with E-state index in [0.29, 0.717) is 17.4 Å². The highest BCUT2D eigenvalue weighted by Gasteiger charge is 2.28. The molecule has 87 heavy (non-hydrogen) atoms. The first-order valence-corrected chi connectivity index (χ1v) is 38.3. The average Bonchev–Trinajstić information content (AvgIpc) is 3.69. The molecule has 3 unspecified atom stereocenters. The molecule has 0 saturated carbocycles. The topological polar surface area (TPSA) is 105 Å². The van der Waals surface area contributed by atoms with Gasteiger partial charge in [-0.3, -0.25) is 13.8 Å². The van der Waals surface area contributed by atoms with Crippen LogP contribution in [0.5, 0.6) is 0 Å². The first kappa shape index (κ1) is 84.2. The van der Waals surface area contributed by atoms with Crippen LogP contribution in [0.3, 0.4) is 0 Å². The van der Waals surface area contributed by atoms with Crippen molar-refractivity contribution in [3.05, 3.63) is 109 Å². The standard InChI is InChI=1S/C78H141N2O6P/c1-6-8-10-12-14-16-18-20-22-24-26-28-30-32-34-35-36-37-38-39-40-41-42-43-44-45-46-48-50-52-54-56-58-60-62-64-66-68-70-72-78(82)79-76(75-86-87(83,84)85-74-73-80(3,4)5)77(81)71-69-67-65-63-61-59-57-55-53-51-49-47-33-31-29-27-25-23-21-19-17-15-13-11-9-7-2/h8,10,14,16,20,22,26,28,32,34,36-37,53,55,61,63,69,71,76-77,81H,6-7,9,11-13,15,17-19,21,23-25,27,29-31,33,35,38-52,54,56-60,62,64-68,70,72-75H2,1-5H3,(H-,79,82,83,84)/p+1/b10-8-,16-14-,22-20-,28-26-,34-32-,37-36-,55-53+,63-61+,71-69+. The Morgan fingerprint density at radius 3 is 1.06 bits per heavy atom. The summed E-state index contributed by atoms with van der Waals surface area (Å²) in [6, 6.07) is -0.876. The van der Waals surface area contributed by atoms with E-state index in [1.165, 1.54) is 225 Å². The summed E-state index contributed by atoms with van der Waals surface area (Å²) in [5.74, 6) is -0.188. The number of nitrogens with zero attached hydrogens (tertiary/aromatic N) is 1. The van der Waals surface area contributed by atoms with E-state index in [2.05, 4.69) is 116 Å². The summed E-state index contributed by atoms with van der Waals surface area (Å²) in [5.41, 5.74) is 0. The summed E-state index contributed by atoms with van der Waals surface area (Å²) in [6.45, 7) is 4.70. The number of quaternary nitrogens is 1. The van der Waals surface area contributed by atoms with Gasteiger partial charge in [-0.2, -0.15) is 0 Å². The van der Waals surface area contributed by atoms with Crippen LogP contribution in [0, 0.1) is 0 Å². The quantitative estimate of drug-likeness (QED) is 0.0243. The number of amides is 1. The maximum absolute atomic E-state index is 13.1. The number of hydrogen-bond acceptors (Lipinski definition) is 5. The Morgan fingerprint density at radius 1 is 0.402 bits per heavy atom. The lowest BCUT2D eigenvalue weighted by atomic mass is 10.0. The van der Waals surface area contributed by atoms with Gasteiger partial charge in [0.2, 0.25) is 5.91 Å². The number of hydrogen-bond donors (Lipinski definition) is 3. The minimum Gasteiger partial charge on any atom is -0.387 e. The number of likely N-dealkylation sites (N-methyl/N-ethyl adjacent to an activating group) is 1. The molecule has 0 aromatic rings. The van der Waals surface area contributed by atoms with Gasteiger partial charge in [0.25, 0.3) is 0 Å². The highest BCUT2D eigenvalue weighted by atomic mass is 31.2. The second kappa shape index (κ2) is 67.6. The second-order valence-electron chi connectivity index (χ2n) is 25.9. The normalized spacial score (nSPS) is 14.2. The Bertz CT molecular complexity index is 1790. The van der Waals surface area contributed by atoms with E-state index in [4.69, 9.17) is 9.05 Å². The SMILES string of the molecule is CC/C=C\C/C=C\C/C=C\C/C=C\C/C=C\C/C=C\CCCCCCCCCCCCCCCCCCCCCCC(=O)NC(COP(=O)(O)OCC[N+](C)(C)C)C(O)/C=C/CC/C=C/CC/C=C/CCCCCCCCCCCCCCCCCC. The Balaban J connectivity index is 4.05. The van der Waals surface area contributed by atoms with Crippen LogP contribution in [0.25, 0.3) is 0 Å². The third-order valence-electron chi connectivity index (χ3n) is 16.2. The van der Waals surface area contributed by atoms with Crippen LogP contribution < -0.4 is 5.32 Å². The van der Waals surface area contributed by atoms with E-state index < -0.39 is 20.0 Å². The van der Waals surface area contributed by atoms with Gasteiger partial charge in [0.05, 0.1) is 39.9 Å². The van der Waals surface area contributed by atoms with Crippen molar-refractivity contribution in [3.63, 3.8) is 0 Å². The van der Waals surface area contributed by atoms with Crippen LogP contribution in [-0.2, 0) is 18.4 Å². The van der Waals surface area contributed by atoms with Crippen molar-refractivity contribution >= 4 is 13.7 Å². The number of allylic oxidation sites excluding steroid dienone is 17. The van der Waals surface area contributed by atoms with E-state index in [9.17, 15) is 19.4 Å². The Labute approximate surface area is 540 Å². The van der Waals surface area contributed by atoms with Crippen LogP contribution in [0.4, 0.5) is 0 Å². The van der Waals surface area contributed by atoms with Gasteiger partial charge in [0, 0.05) is 6.42 Å². The van der Waals surface area contributed by atoms with Crippen LogP contribution >= 0.6 is 7.82 Å². The fraction of sp³-hybridized carbons (Fsp3) is 0.756. The highest BCUT2D eigenvalue weighted by molar-refractivity contribution is 7.47. The molecule has 0 bridgehead atoms. The molecule has 1 amide bonds. The smallest absolute Gasteiger partial charge is 0.387 e. The molecule has 3 atom stereocenters. The zero-order valence-electron chi connectivity index (χ0n) is 57.7. The first-order chi connectivity index (χ1) is 42.5. The van der Waals surface area contributed by atoms with Crippen LogP contribution in [0.1, 0.15) is 328 Å². The largest absolute Gasteiger partial charge is 0.472 e. The number of aliphatic hydroxyl groups is 1. The van der Waals surface area contributed by atoms with Crippen LogP contribution in [0.15, 0.2) is 109 Å². The molecule has 0 radical (unpaired) electrons. The van der Waals surface area contributed by atoms with E-state index in [0.717, 1.165) is 83.5 Å². The zero-order chi connectivity index (χ0) is 63.4. The third kappa shape index (κ3) is 70.5. The number of carbonyl (C=O) groups is 1. The summed E-state index contributed by atoms with van der Waals surface area (Å²) >= 11 is 0. The Hall–Kier alpha value is -2.84. The molecule has 3 N–H and O–H groups in total. The average molecular weight is 1230 g/mol. The summed E-state index contributed by atoms with van der Waals surface area (Å²) in [5, 5.41) is 14.0. The number of phosphoric acid groups is 1. The van der Waals surface area contributed by atoms with Gasteiger partial charge in [0.15, 0.2) is 0 Å². The van der Waals surface area contributed by atoms with Gasteiger partial charge in [-0.1, -0.05) is 335 Å². The molecule has 504 valence electrons. The molecule has 0 fully saturated rings. The van der Waals surface area contributed by atoms with E-state index >= 15 is 0 Å². The number of carbonyl (C=O) groups excluding carboxylic acids is 1. The number of nitrogens with one attached hydrogen (secondary N) is 1. The van der Waals surface area contributed by atoms with E-state index in [1.54, 1.807) is 6.08 Å². The predicted molar refractivity (Wildman–Crippen MR) is 382 cm³/mol. The molecule has 0 aliphatic rings. The van der Waals surface area contributed by atoms with E-state index in [1.807, 2.05) is 27.2 Å². The van der Waals surface area contributed by atoms with Gasteiger partial charge in [-0.25, -0.2) is 4.57 Å².